The van der Waals surface area contributed by atoms with E-state index in [1.54, 1.807) is 0 Å². The molecule has 1 N–H and O–H groups in total. The van der Waals surface area contributed by atoms with E-state index in [-0.39, 0.29) is 16.2 Å². The average molecular weight is 687 g/mol. The maximum Gasteiger partial charge on any atom is 0.261 e. The fourth-order valence-corrected chi connectivity index (χ4v) is 11.9. The Hall–Kier alpha value is -2.51. The summed E-state index contributed by atoms with van der Waals surface area (Å²) in [5, 5.41) is 13.5. The second-order valence-electron chi connectivity index (χ2n) is 15.6. The maximum atomic E-state index is 10.8. The third-order valence-corrected chi connectivity index (χ3v) is 19.2. The standard InChI is InChI=1S/C42H62O4Si2/c1-41(2,3)47(7,8)46-38(27-19-20-33-44-35-36-23-12-9-13-24-36)28-22-26-37(43)25-18-21-34-45-48(42(4,5)6,39-29-14-10-15-30-39)40-31-16-11-17-32-40/h9-17,23-24,29-32,37-38,43H,18-21,25,27-28,33-35H2,1-8H3/t37?,38-/m1/s1. The third kappa shape index (κ3) is 12.1. The Balaban J connectivity index is 1.52. The smallest absolute Gasteiger partial charge is 0.261 e. The van der Waals surface area contributed by atoms with E-state index in [0.717, 1.165) is 38.7 Å². The predicted octanol–water partition coefficient (Wildman–Crippen LogP) is 9.27. The lowest BCUT2D eigenvalue weighted by Crippen LogP contribution is -2.66. The molecule has 0 bridgehead atoms. The molecular weight excluding hydrogens is 625 g/mol. The lowest BCUT2D eigenvalue weighted by Gasteiger charge is -2.43. The molecule has 6 heteroatoms. The van der Waals surface area contributed by atoms with Crippen molar-refractivity contribution in [2.45, 2.75) is 128 Å². The van der Waals surface area contributed by atoms with E-state index in [1.807, 2.05) is 18.2 Å². The average Bonchev–Trinajstić information content (AvgIpc) is 3.04. The van der Waals surface area contributed by atoms with E-state index in [0.29, 0.717) is 26.1 Å². The van der Waals surface area contributed by atoms with Crippen LogP contribution in [0.15, 0.2) is 91.0 Å². The molecule has 0 aliphatic carbocycles. The molecule has 48 heavy (non-hydrogen) atoms. The number of ether oxygens (including phenoxy) is 1. The van der Waals surface area contributed by atoms with Gasteiger partial charge in [-0.2, -0.15) is 0 Å². The maximum absolute atomic E-state index is 10.8. The zero-order chi connectivity index (χ0) is 35.1. The molecule has 0 heterocycles. The lowest BCUT2D eigenvalue weighted by molar-refractivity contribution is 0.111. The fourth-order valence-electron chi connectivity index (χ4n) is 5.93. The molecule has 0 aliphatic heterocycles. The van der Waals surface area contributed by atoms with Gasteiger partial charge >= 0.3 is 0 Å². The normalized spacial score (nSPS) is 13.9. The molecule has 0 radical (unpaired) electrons. The first kappa shape index (κ1) is 39.9. The van der Waals surface area contributed by atoms with Gasteiger partial charge in [0.05, 0.1) is 12.7 Å². The van der Waals surface area contributed by atoms with Crippen LogP contribution in [-0.2, 0) is 20.2 Å². The highest BCUT2D eigenvalue weighted by molar-refractivity contribution is 6.99. The Bertz CT molecular complexity index is 1330. The number of benzene rings is 3. The SMILES string of the molecule is CC(C)(C)[Si](C)(C)O[C@@H](CC#CC(O)CCCCO[Si](c1ccccc1)(c1ccccc1)C(C)(C)C)CCCCOCc1ccccc1. The van der Waals surface area contributed by atoms with E-state index in [4.69, 9.17) is 13.6 Å². The van der Waals surface area contributed by atoms with E-state index in [2.05, 4.69) is 139 Å². The minimum Gasteiger partial charge on any atom is -0.413 e. The highest BCUT2D eigenvalue weighted by Gasteiger charge is 2.50. The van der Waals surface area contributed by atoms with Gasteiger partial charge < -0.3 is 18.7 Å². The van der Waals surface area contributed by atoms with Crippen LogP contribution in [0.4, 0.5) is 0 Å². The summed E-state index contributed by atoms with van der Waals surface area (Å²) in [5.74, 6) is 6.44. The number of aliphatic hydroxyl groups is 1. The molecule has 0 spiro atoms. The third-order valence-electron chi connectivity index (χ3n) is 9.65. The number of hydrogen-bond acceptors (Lipinski definition) is 4. The molecule has 4 nitrogen and oxygen atoms in total. The zero-order valence-electron chi connectivity index (χ0n) is 31.1. The molecule has 0 saturated carbocycles. The first-order valence-electron chi connectivity index (χ1n) is 18.0. The van der Waals surface area contributed by atoms with Gasteiger partial charge in [0.2, 0.25) is 0 Å². The van der Waals surface area contributed by atoms with Crippen LogP contribution in [0.5, 0.6) is 0 Å². The second-order valence-corrected chi connectivity index (χ2v) is 24.6. The van der Waals surface area contributed by atoms with Gasteiger partial charge in [-0.05, 0) is 77.6 Å². The Labute approximate surface area is 294 Å². The molecule has 3 aromatic rings. The van der Waals surface area contributed by atoms with Crippen molar-refractivity contribution in [2.75, 3.05) is 13.2 Å². The molecule has 3 rings (SSSR count). The lowest BCUT2D eigenvalue weighted by atomic mass is 10.1. The van der Waals surface area contributed by atoms with Crippen molar-refractivity contribution in [3.8, 4) is 11.8 Å². The van der Waals surface area contributed by atoms with Crippen molar-refractivity contribution in [1.82, 2.24) is 0 Å². The van der Waals surface area contributed by atoms with Crippen LogP contribution in [0, 0.1) is 11.8 Å². The predicted molar refractivity (Wildman–Crippen MR) is 208 cm³/mol. The summed E-state index contributed by atoms with van der Waals surface area (Å²) >= 11 is 0. The Morgan fingerprint density at radius 1 is 0.667 bits per heavy atom. The molecule has 0 aliphatic rings. The van der Waals surface area contributed by atoms with E-state index in [9.17, 15) is 5.11 Å². The number of hydrogen-bond donors (Lipinski definition) is 1. The van der Waals surface area contributed by atoms with Gasteiger partial charge in [-0.3, -0.25) is 0 Å². The summed E-state index contributed by atoms with van der Waals surface area (Å²) in [6.07, 6.45) is 5.44. The Kier molecular flexibility index (Phi) is 15.8. The molecule has 2 atom stereocenters. The number of rotatable bonds is 18. The molecule has 1 unspecified atom stereocenters. The topological polar surface area (TPSA) is 47.9 Å². The second kappa shape index (κ2) is 19.0. The van der Waals surface area contributed by atoms with Crippen molar-refractivity contribution in [2.24, 2.45) is 0 Å². The van der Waals surface area contributed by atoms with Crippen LogP contribution in [0.25, 0.3) is 0 Å². The molecule has 0 saturated heterocycles. The van der Waals surface area contributed by atoms with Crippen LogP contribution < -0.4 is 10.4 Å². The van der Waals surface area contributed by atoms with E-state index in [1.165, 1.54) is 15.9 Å². The summed E-state index contributed by atoms with van der Waals surface area (Å²) in [7, 11) is -4.48. The highest BCUT2D eigenvalue weighted by Crippen LogP contribution is 2.38. The summed E-state index contributed by atoms with van der Waals surface area (Å²) in [5.41, 5.74) is 1.21. The summed E-state index contributed by atoms with van der Waals surface area (Å²) in [4.78, 5) is 0. The van der Waals surface area contributed by atoms with Gasteiger partial charge in [-0.1, -0.05) is 144 Å². The highest BCUT2D eigenvalue weighted by atomic mass is 28.4. The molecular formula is C42H62O4Si2. The summed E-state index contributed by atoms with van der Waals surface area (Å²) in [6, 6.07) is 31.9. The van der Waals surface area contributed by atoms with Gasteiger partial charge in [0.25, 0.3) is 8.32 Å². The first-order chi connectivity index (χ1) is 22.8. The minimum absolute atomic E-state index is 0.0428. The Morgan fingerprint density at radius 3 is 1.73 bits per heavy atom. The molecule has 0 aromatic heterocycles. The monoisotopic (exact) mass is 686 g/mol. The molecule has 0 amide bonds. The van der Waals surface area contributed by atoms with Crippen LogP contribution in [0.3, 0.4) is 0 Å². The van der Waals surface area contributed by atoms with E-state index >= 15 is 0 Å². The van der Waals surface area contributed by atoms with Gasteiger partial charge in [0, 0.05) is 19.6 Å². The Morgan fingerprint density at radius 2 is 1.19 bits per heavy atom. The first-order valence-corrected chi connectivity index (χ1v) is 22.8. The molecule has 262 valence electrons. The molecule has 3 aromatic carbocycles. The number of aliphatic hydroxyl groups excluding tert-OH is 1. The molecule has 0 fully saturated rings. The van der Waals surface area contributed by atoms with Crippen molar-refractivity contribution < 1.29 is 18.7 Å². The fraction of sp³-hybridized carbons (Fsp3) is 0.524. The van der Waals surface area contributed by atoms with Gasteiger partial charge in [-0.25, -0.2) is 0 Å². The van der Waals surface area contributed by atoms with E-state index < -0.39 is 22.7 Å². The van der Waals surface area contributed by atoms with Crippen molar-refractivity contribution >= 4 is 27.0 Å². The van der Waals surface area contributed by atoms with Gasteiger partial charge in [0.1, 0.15) is 6.10 Å². The zero-order valence-corrected chi connectivity index (χ0v) is 33.1. The number of unbranched alkanes of at least 4 members (excludes halogenated alkanes) is 2. The largest absolute Gasteiger partial charge is 0.413 e. The quantitative estimate of drug-likeness (QED) is 0.0824. The van der Waals surface area contributed by atoms with Gasteiger partial charge in [0.15, 0.2) is 8.32 Å². The summed E-state index contributed by atoms with van der Waals surface area (Å²) in [6.45, 7) is 20.4. The van der Waals surface area contributed by atoms with Crippen LogP contribution >= 0.6 is 0 Å². The minimum atomic E-state index is -2.54. The van der Waals surface area contributed by atoms with Crippen molar-refractivity contribution in [3.63, 3.8) is 0 Å². The van der Waals surface area contributed by atoms with Crippen LogP contribution in [0.1, 0.15) is 92.1 Å². The van der Waals surface area contributed by atoms with Crippen molar-refractivity contribution in [3.05, 3.63) is 96.6 Å². The van der Waals surface area contributed by atoms with Crippen LogP contribution in [0.2, 0.25) is 23.2 Å². The van der Waals surface area contributed by atoms with Gasteiger partial charge in [-0.15, -0.1) is 0 Å². The summed E-state index contributed by atoms with van der Waals surface area (Å²) < 4.78 is 19.7. The van der Waals surface area contributed by atoms with Crippen molar-refractivity contribution in [1.29, 1.82) is 0 Å². The van der Waals surface area contributed by atoms with Crippen LogP contribution in [-0.4, -0.2) is 47.2 Å².